The molecule has 3 heteroatoms. The lowest BCUT2D eigenvalue weighted by Gasteiger charge is -1.97. The van der Waals surface area contributed by atoms with E-state index in [0.717, 1.165) is 22.1 Å². The summed E-state index contributed by atoms with van der Waals surface area (Å²) in [5.74, 6) is 0.116. The first-order chi connectivity index (χ1) is 5.77. The summed E-state index contributed by atoms with van der Waals surface area (Å²) in [6.45, 7) is 2.07. The highest BCUT2D eigenvalue weighted by atomic mass is 127. The van der Waals surface area contributed by atoms with Crippen LogP contribution >= 0.6 is 22.6 Å². The molecule has 1 rings (SSSR count). The van der Waals surface area contributed by atoms with Gasteiger partial charge in [0.05, 0.1) is 6.42 Å². The van der Waals surface area contributed by atoms with Gasteiger partial charge in [-0.2, -0.15) is 0 Å². The Kier molecular flexibility index (Phi) is 3.78. The van der Waals surface area contributed by atoms with E-state index in [2.05, 4.69) is 47.0 Å². The second kappa shape index (κ2) is 4.64. The number of carbonyl (C=O) groups excluding carboxylic acids is 1. The first kappa shape index (κ1) is 9.77. The highest BCUT2D eigenvalue weighted by Crippen LogP contribution is 2.19. The maximum absolute atomic E-state index is 11.0. The molecule has 1 saturated heterocycles. The van der Waals surface area contributed by atoms with Crippen LogP contribution in [0.5, 0.6) is 0 Å². The molecule has 0 spiro atoms. The average Bonchev–Trinajstić information content (AvgIpc) is 2.33. The summed E-state index contributed by atoms with van der Waals surface area (Å²) < 4.78 is 0.961. The summed E-state index contributed by atoms with van der Waals surface area (Å²) in [7, 11) is 0. The number of nitrogens with one attached hydrogen (secondary N) is 1. The Morgan fingerprint density at radius 3 is 2.92 bits per heavy atom. The van der Waals surface area contributed by atoms with Crippen molar-refractivity contribution in [3.8, 4) is 0 Å². The Labute approximate surface area is 86.2 Å². The quantitative estimate of drug-likeness (QED) is 0.608. The first-order valence-electron chi connectivity index (χ1n) is 4.03. The molecule has 1 aliphatic heterocycles. The number of carbonyl (C=O) groups is 1. The summed E-state index contributed by atoms with van der Waals surface area (Å²) in [6, 6.07) is 0. The highest BCUT2D eigenvalue weighted by molar-refractivity contribution is 14.1. The van der Waals surface area contributed by atoms with Crippen LogP contribution in [0.4, 0.5) is 0 Å². The van der Waals surface area contributed by atoms with Gasteiger partial charge in [-0.3, -0.25) is 4.79 Å². The van der Waals surface area contributed by atoms with E-state index in [9.17, 15) is 4.79 Å². The number of rotatable bonds is 2. The fourth-order valence-corrected chi connectivity index (χ4v) is 1.74. The Balaban J connectivity index is 2.79. The summed E-state index contributed by atoms with van der Waals surface area (Å²) >= 11 is 2.28. The molecule has 2 nitrogen and oxygen atoms in total. The number of hydrogen-bond acceptors (Lipinski definition) is 1. The lowest BCUT2D eigenvalue weighted by molar-refractivity contribution is -0.118. The second-order valence-electron chi connectivity index (χ2n) is 2.63. The summed E-state index contributed by atoms with van der Waals surface area (Å²) in [4.78, 5) is 11.0. The maximum Gasteiger partial charge on any atom is 0.228 e. The van der Waals surface area contributed by atoms with Crippen LogP contribution in [0.3, 0.4) is 0 Å². The van der Waals surface area contributed by atoms with Gasteiger partial charge in [-0.25, -0.2) is 0 Å². The van der Waals surface area contributed by atoms with Crippen LogP contribution in [0.25, 0.3) is 0 Å². The van der Waals surface area contributed by atoms with Crippen LogP contribution in [-0.4, -0.2) is 10.3 Å². The van der Waals surface area contributed by atoms with Crippen LogP contribution < -0.4 is 5.32 Å². The molecular formula is C9H12INO. The van der Waals surface area contributed by atoms with Gasteiger partial charge in [-0.1, -0.05) is 41.7 Å². The Morgan fingerprint density at radius 1 is 1.58 bits per heavy atom. The van der Waals surface area contributed by atoms with E-state index in [1.807, 2.05) is 0 Å². The van der Waals surface area contributed by atoms with Crippen LogP contribution in [0, 0.1) is 0 Å². The number of halogens is 1. The smallest absolute Gasteiger partial charge is 0.228 e. The highest BCUT2D eigenvalue weighted by Gasteiger charge is 2.18. The van der Waals surface area contributed by atoms with Crippen molar-refractivity contribution in [1.82, 2.24) is 5.32 Å². The van der Waals surface area contributed by atoms with E-state index < -0.39 is 0 Å². The Hall–Kier alpha value is -0.320. The zero-order valence-corrected chi connectivity index (χ0v) is 9.22. The molecule has 1 N–H and O–H groups in total. The molecule has 0 saturated carbocycles. The predicted molar refractivity (Wildman–Crippen MR) is 58.1 cm³/mol. The van der Waals surface area contributed by atoms with Crippen molar-refractivity contribution >= 4 is 28.5 Å². The van der Waals surface area contributed by atoms with Crippen molar-refractivity contribution in [3.05, 3.63) is 23.4 Å². The lowest BCUT2D eigenvalue weighted by atomic mass is 10.1. The number of allylic oxidation sites excluding steroid dienone is 3. The molecule has 0 radical (unpaired) electrons. The number of hydrogen-bond donors (Lipinski definition) is 1. The summed E-state index contributed by atoms with van der Waals surface area (Å²) in [5.41, 5.74) is 2.16. The van der Waals surface area contributed by atoms with Gasteiger partial charge in [0.1, 0.15) is 0 Å². The molecule has 0 aliphatic carbocycles. The van der Waals surface area contributed by atoms with E-state index in [-0.39, 0.29) is 5.91 Å². The molecule has 0 unspecified atom stereocenters. The van der Waals surface area contributed by atoms with Gasteiger partial charge >= 0.3 is 0 Å². The topological polar surface area (TPSA) is 29.1 Å². The fraction of sp³-hybridized carbons (Fsp3) is 0.444. The normalized spacial score (nSPS) is 23.7. The van der Waals surface area contributed by atoms with Gasteiger partial charge in [-0.05, 0) is 12.0 Å². The standard InChI is InChI=1S/C9H12INO/c1-2-3-8-7(4-5-10)6-9(12)11-8/h3-4H,2,5-6H2,1H3,(H,11,12)/b7-4-,8-3+. The van der Waals surface area contributed by atoms with Crippen molar-refractivity contribution in [2.45, 2.75) is 19.8 Å². The maximum atomic E-state index is 11.0. The molecule has 1 aliphatic rings. The van der Waals surface area contributed by atoms with Crippen LogP contribution in [0.2, 0.25) is 0 Å². The third-order valence-electron chi connectivity index (χ3n) is 1.70. The molecule has 12 heavy (non-hydrogen) atoms. The van der Waals surface area contributed by atoms with Gasteiger partial charge in [0.15, 0.2) is 0 Å². The van der Waals surface area contributed by atoms with E-state index in [4.69, 9.17) is 0 Å². The molecule has 1 fully saturated rings. The molecule has 0 aromatic rings. The molecule has 0 bridgehead atoms. The zero-order chi connectivity index (χ0) is 8.97. The molecule has 1 heterocycles. The molecule has 0 aromatic heterocycles. The molecule has 66 valence electrons. The number of alkyl halides is 1. The van der Waals surface area contributed by atoms with Crippen molar-refractivity contribution < 1.29 is 4.79 Å². The summed E-state index contributed by atoms with van der Waals surface area (Å²) in [5, 5.41) is 2.84. The largest absolute Gasteiger partial charge is 0.326 e. The average molecular weight is 277 g/mol. The minimum atomic E-state index is 0.116. The van der Waals surface area contributed by atoms with Gasteiger partial charge in [0, 0.05) is 10.1 Å². The zero-order valence-electron chi connectivity index (χ0n) is 7.06. The summed E-state index contributed by atoms with van der Waals surface area (Å²) in [6.07, 6.45) is 5.67. The monoisotopic (exact) mass is 277 g/mol. The minimum Gasteiger partial charge on any atom is -0.326 e. The molecular weight excluding hydrogens is 265 g/mol. The van der Waals surface area contributed by atoms with E-state index in [0.29, 0.717) is 6.42 Å². The first-order valence-corrected chi connectivity index (χ1v) is 5.56. The lowest BCUT2D eigenvalue weighted by Crippen LogP contribution is -2.11. The minimum absolute atomic E-state index is 0.116. The Morgan fingerprint density at radius 2 is 2.33 bits per heavy atom. The van der Waals surface area contributed by atoms with Crippen LogP contribution in [0.1, 0.15) is 19.8 Å². The molecule has 0 aromatic carbocycles. The Bertz CT molecular complexity index is 219. The van der Waals surface area contributed by atoms with Crippen molar-refractivity contribution in [2.24, 2.45) is 0 Å². The molecule has 0 atom stereocenters. The fourth-order valence-electron chi connectivity index (χ4n) is 1.20. The van der Waals surface area contributed by atoms with Crippen molar-refractivity contribution in [1.29, 1.82) is 0 Å². The molecule has 1 amide bonds. The van der Waals surface area contributed by atoms with Gasteiger partial charge in [0.2, 0.25) is 5.91 Å². The predicted octanol–water partition coefficient (Wildman–Crippen LogP) is 2.16. The van der Waals surface area contributed by atoms with Gasteiger partial charge in [-0.15, -0.1) is 0 Å². The van der Waals surface area contributed by atoms with Crippen molar-refractivity contribution in [3.63, 3.8) is 0 Å². The van der Waals surface area contributed by atoms with E-state index >= 15 is 0 Å². The van der Waals surface area contributed by atoms with Crippen LogP contribution in [0.15, 0.2) is 23.4 Å². The van der Waals surface area contributed by atoms with Gasteiger partial charge < -0.3 is 5.32 Å². The van der Waals surface area contributed by atoms with Crippen LogP contribution in [-0.2, 0) is 4.79 Å². The van der Waals surface area contributed by atoms with Crippen molar-refractivity contribution in [2.75, 3.05) is 4.43 Å². The SMILES string of the molecule is CC/C=C1/NC(=O)C/C1=C/CI. The number of amides is 1. The van der Waals surface area contributed by atoms with Gasteiger partial charge in [0.25, 0.3) is 0 Å². The van der Waals surface area contributed by atoms with E-state index in [1.165, 1.54) is 0 Å². The third-order valence-corrected chi connectivity index (χ3v) is 2.14. The second-order valence-corrected chi connectivity index (χ2v) is 3.52. The third kappa shape index (κ3) is 2.33. The van der Waals surface area contributed by atoms with E-state index in [1.54, 1.807) is 0 Å².